The molecule has 1 heterocycles. The number of benzene rings is 1. The van der Waals surface area contributed by atoms with Gasteiger partial charge in [-0.25, -0.2) is 4.98 Å². The van der Waals surface area contributed by atoms with E-state index in [1.54, 1.807) is 6.33 Å². The standard InChI is InChI=1S/C13H18N2/c1-8(2)10-5-6-11(9(3)4)13-12(10)14-7-15-13/h5-9H,1-4H3,(H,14,15). The van der Waals surface area contributed by atoms with Crippen LogP contribution in [-0.2, 0) is 0 Å². The second-order valence-electron chi connectivity index (χ2n) is 4.68. The minimum Gasteiger partial charge on any atom is -0.344 e. The minimum atomic E-state index is 0.525. The molecule has 0 saturated heterocycles. The fourth-order valence-electron chi connectivity index (χ4n) is 2.02. The number of aromatic amines is 1. The van der Waals surface area contributed by atoms with Crippen molar-refractivity contribution in [1.29, 1.82) is 0 Å². The minimum absolute atomic E-state index is 0.525. The van der Waals surface area contributed by atoms with E-state index in [2.05, 4.69) is 49.8 Å². The fourth-order valence-corrected chi connectivity index (χ4v) is 2.02. The molecule has 0 aliphatic carbocycles. The number of aromatic nitrogens is 2. The van der Waals surface area contributed by atoms with Crippen LogP contribution < -0.4 is 0 Å². The van der Waals surface area contributed by atoms with Crippen molar-refractivity contribution in [3.8, 4) is 0 Å². The molecule has 0 radical (unpaired) electrons. The van der Waals surface area contributed by atoms with Crippen LogP contribution in [0.15, 0.2) is 18.5 Å². The Hall–Kier alpha value is -1.31. The summed E-state index contributed by atoms with van der Waals surface area (Å²) in [5.41, 5.74) is 5.02. The summed E-state index contributed by atoms with van der Waals surface area (Å²) in [7, 11) is 0. The first-order valence-corrected chi connectivity index (χ1v) is 5.57. The van der Waals surface area contributed by atoms with Gasteiger partial charge in [0, 0.05) is 0 Å². The Morgan fingerprint density at radius 3 is 2.20 bits per heavy atom. The van der Waals surface area contributed by atoms with Gasteiger partial charge >= 0.3 is 0 Å². The Morgan fingerprint density at radius 1 is 1.00 bits per heavy atom. The molecule has 0 amide bonds. The average molecular weight is 202 g/mol. The SMILES string of the molecule is CC(C)c1ccc(C(C)C)c2[nH]cnc12. The molecule has 0 fully saturated rings. The van der Waals surface area contributed by atoms with E-state index in [9.17, 15) is 0 Å². The monoisotopic (exact) mass is 202 g/mol. The number of fused-ring (bicyclic) bond motifs is 1. The zero-order valence-corrected chi connectivity index (χ0v) is 9.83. The van der Waals surface area contributed by atoms with E-state index in [0.29, 0.717) is 11.8 Å². The summed E-state index contributed by atoms with van der Waals surface area (Å²) >= 11 is 0. The van der Waals surface area contributed by atoms with Gasteiger partial charge in [-0.2, -0.15) is 0 Å². The highest BCUT2D eigenvalue weighted by Gasteiger charge is 2.12. The van der Waals surface area contributed by atoms with E-state index >= 15 is 0 Å². The number of nitrogens with zero attached hydrogens (tertiary/aromatic N) is 1. The van der Waals surface area contributed by atoms with Crippen LogP contribution in [0, 0.1) is 0 Å². The average Bonchev–Trinajstić information content (AvgIpc) is 2.63. The van der Waals surface area contributed by atoms with Gasteiger partial charge in [-0.15, -0.1) is 0 Å². The molecule has 80 valence electrons. The third-order valence-corrected chi connectivity index (χ3v) is 2.89. The third-order valence-electron chi connectivity index (χ3n) is 2.89. The van der Waals surface area contributed by atoms with Crippen LogP contribution in [0.1, 0.15) is 50.7 Å². The van der Waals surface area contributed by atoms with Crippen molar-refractivity contribution >= 4 is 11.0 Å². The van der Waals surface area contributed by atoms with E-state index in [1.807, 2.05) is 0 Å². The van der Waals surface area contributed by atoms with Crippen LogP contribution in [0.5, 0.6) is 0 Å². The van der Waals surface area contributed by atoms with Gasteiger partial charge in [-0.1, -0.05) is 39.8 Å². The summed E-state index contributed by atoms with van der Waals surface area (Å²) < 4.78 is 0. The van der Waals surface area contributed by atoms with Crippen LogP contribution in [-0.4, -0.2) is 9.97 Å². The molecule has 2 nitrogen and oxygen atoms in total. The molecule has 0 aliphatic rings. The van der Waals surface area contributed by atoms with Gasteiger partial charge in [0.25, 0.3) is 0 Å². The molecule has 2 heteroatoms. The number of imidazole rings is 1. The number of nitrogens with one attached hydrogen (secondary N) is 1. The van der Waals surface area contributed by atoms with Crippen LogP contribution in [0.25, 0.3) is 11.0 Å². The molecule has 2 aromatic rings. The largest absolute Gasteiger partial charge is 0.344 e. The number of H-pyrrole nitrogens is 1. The maximum Gasteiger partial charge on any atom is 0.0932 e. The molecule has 0 bridgehead atoms. The summed E-state index contributed by atoms with van der Waals surface area (Å²) in [5.74, 6) is 1.06. The van der Waals surface area contributed by atoms with Gasteiger partial charge in [0.05, 0.1) is 17.4 Å². The van der Waals surface area contributed by atoms with Crippen LogP contribution >= 0.6 is 0 Å². The molecule has 1 aromatic carbocycles. The highest BCUT2D eigenvalue weighted by molar-refractivity contribution is 5.82. The second kappa shape index (κ2) is 3.69. The lowest BCUT2D eigenvalue weighted by Gasteiger charge is -2.11. The first-order valence-electron chi connectivity index (χ1n) is 5.57. The Labute approximate surface area is 90.7 Å². The number of rotatable bonds is 2. The molecule has 0 unspecified atom stereocenters. The van der Waals surface area contributed by atoms with Gasteiger partial charge < -0.3 is 4.98 Å². The Balaban J connectivity index is 2.71. The predicted octanol–water partition coefficient (Wildman–Crippen LogP) is 3.81. The maximum absolute atomic E-state index is 4.43. The summed E-state index contributed by atoms with van der Waals surface area (Å²) in [6.07, 6.45) is 1.79. The van der Waals surface area contributed by atoms with Crippen LogP contribution in [0.3, 0.4) is 0 Å². The van der Waals surface area contributed by atoms with Crippen molar-refractivity contribution < 1.29 is 0 Å². The first kappa shape index (κ1) is 10.2. The third kappa shape index (κ3) is 1.65. The number of hydrogen-bond donors (Lipinski definition) is 1. The molecule has 0 aliphatic heterocycles. The Kier molecular flexibility index (Phi) is 2.51. The van der Waals surface area contributed by atoms with E-state index in [1.165, 1.54) is 16.6 Å². The highest BCUT2D eigenvalue weighted by Crippen LogP contribution is 2.29. The normalized spacial score (nSPS) is 11.9. The van der Waals surface area contributed by atoms with Crippen molar-refractivity contribution in [1.82, 2.24) is 9.97 Å². The van der Waals surface area contributed by atoms with Crippen molar-refractivity contribution in [3.63, 3.8) is 0 Å². The van der Waals surface area contributed by atoms with Crippen molar-refractivity contribution in [2.75, 3.05) is 0 Å². The fraction of sp³-hybridized carbons (Fsp3) is 0.462. The van der Waals surface area contributed by atoms with E-state index in [-0.39, 0.29) is 0 Å². The quantitative estimate of drug-likeness (QED) is 0.788. The molecule has 1 aromatic heterocycles. The topological polar surface area (TPSA) is 28.7 Å². The lowest BCUT2D eigenvalue weighted by molar-refractivity contribution is 0.856. The van der Waals surface area contributed by atoms with Gasteiger partial charge in [-0.05, 0) is 23.0 Å². The summed E-state index contributed by atoms with van der Waals surface area (Å²) in [6, 6.07) is 4.43. The zero-order valence-electron chi connectivity index (χ0n) is 9.83. The van der Waals surface area contributed by atoms with Gasteiger partial charge in [0.1, 0.15) is 0 Å². The Bertz CT molecular complexity index is 424. The molecule has 0 spiro atoms. The molecule has 0 atom stereocenters. The van der Waals surface area contributed by atoms with Gasteiger partial charge in [0.2, 0.25) is 0 Å². The molecule has 15 heavy (non-hydrogen) atoms. The first-order chi connectivity index (χ1) is 7.11. The summed E-state index contributed by atoms with van der Waals surface area (Å²) in [4.78, 5) is 7.68. The van der Waals surface area contributed by atoms with Crippen LogP contribution in [0.4, 0.5) is 0 Å². The van der Waals surface area contributed by atoms with E-state index in [4.69, 9.17) is 0 Å². The highest BCUT2D eigenvalue weighted by atomic mass is 14.9. The smallest absolute Gasteiger partial charge is 0.0932 e. The predicted molar refractivity (Wildman–Crippen MR) is 64.3 cm³/mol. The Morgan fingerprint density at radius 2 is 1.60 bits per heavy atom. The second-order valence-corrected chi connectivity index (χ2v) is 4.68. The van der Waals surface area contributed by atoms with Crippen molar-refractivity contribution in [2.24, 2.45) is 0 Å². The van der Waals surface area contributed by atoms with E-state index < -0.39 is 0 Å². The molecule has 2 rings (SSSR count). The van der Waals surface area contributed by atoms with Crippen molar-refractivity contribution in [3.05, 3.63) is 29.6 Å². The lowest BCUT2D eigenvalue weighted by atomic mass is 9.95. The maximum atomic E-state index is 4.43. The lowest BCUT2D eigenvalue weighted by Crippen LogP contribution is -1.94. The van der Waals surface area contributed by atoms with Gasteiger partial charge in [-0.3, -0.25) is 0 Å². The molecule has 0 saturated carbocycles. The van der Waals surface area contributed by atoms with E-state index in [0.717, 1.165) is 5.52 Å². The molecular formula is C13H18N2. The zero-order chi connectivity index (χ0) is 11.0. The van der Waals surface area contributed by atoms with Gasteiger partial charge in [0.15, 0.2) is 0 Å². The summed E-state index contributed by atoms with van der Waals surface area (Å²) in [5, 5.41) is 0. The molecular weight excluding hydrogens is 184 g/mol. The number of hydrogen-bond acceptors (Lipinski definition) is 1. The molecule has 1 N–H and O–H groups in total. The van der Waals surface area contributed by atoms with Crippen LogP contribution in [0.2, 0.25) is 0 Å². The summed E-state index contributed by atoms with van der Waals surface area (Å²) in [6.45, 7) is 8.84. The van der Waals surface area contributed by atoms with Crippen molar-refractivity contribution in [2.45, 2.75) is 39.5 Å².